The number of carbonyl (C=O) groups is 2. The largest absolute Gasteiger partial charge is 0.368 e. The predicted molar refractivity (Wildman–Crippen MR) is 109 cm³/mol. The van der Waals surface area contributed by atoms with Gasteiger partial charge in [-0.05, 0) is 30.7 Å². The molecule has 2 fully saturated rings. The smallest absolute Gasteiger partial charge is 0.267 e. The van der Waals surface area contributed by atoms with Crippen molar-refractivity contribution in [2.45, 2.75) is 23.8 Å². The number of sulfonamides is 1. The van der Waals surface area contributed by atoms with Crippen LogP contribution >= 0.6 is 0 Å². The number of amides is 2. The normalized spacial score (nSPS) is 20.2. The summed E-state index contributed by atoms with van der Waals surface area (Å²) in [4.78, 5) is 29.4. The van der Waals surface area contributed by atoms with E-state index < -0.39 is 22.0 Å². The fourth-order valence-electron chi connectivity index (χ4n) is 3.93. The Bertz CT molecular complexity index is 987. The molecule has 2 heterocycles. The van der Waals surface area contributed by atoms with Crippen molar-refractivity contribution in [2.75, 3.05) is 31.1 Å². The highest BCUT2D eigenvalue weighted by atomic mass is 32.2. The molecule has 152 valence electrons. The van der Waals surface area contributed by atoms with Gasteiger partial charge in [0.05, 0.1) is 4.90 Å². The van der Waals surface area contributed by atoms with Crippen LogP contribution in [0.5, 0.6) is 0 Å². The van der Waals surface area contributed by atoms with Gasteiger partial charge in [-0.3, -0.25) is 9.59 Å². The highest BCUT2D eigenvalue weighted by Gasteiger charge is 2.45. The fourth-order valence-corrected chi connectivity index (χ4v) is 5.55. The zero-order valence-corrected chi connectivity index (χ0v) is 16.8. The molecule has 0 N–H and O–H groups in total. The fraction of sp³-hybridized carbons (Fsp3) is 0.333. The second-order valence-electron chi connectivity index (χ2n) is 7.21. The van der Waals surface area contributed by atoms with Gasteiger partial charge < -0.3 is 9.80 Å². The van der Waals surface area contributed by atoms with Crippen LogP contribution in [0.1, 0.15) is 12.8 Å². The Morgan fingerprint density at radius 1 is 0.862 bits per heavy atom. The van der Waals surface area contributed by atoms with Gasteiger partial charge in [0, 0.05) is 38.3 Å². The van der Waals surface area contributed by atoms with Crippen LogP contribution in [0, 0.1) is 0 Å². The molecule has 4 rings (SSSR count). The molecular formula is C21H23N3O4S. The van der Waals surface area contributed by atoms with Crippen molar-refractivity contribution in [3.8, 4) is 0 Å². The first-order valence-corrected chi connectivity index (χ1v) is 11.1. The Labute approximate surface area is 170 Å². The van der Waals surface area contributed by atoms with Gasteiger partial charge >= 0.3 is 0 Å². The van der Waals surface area contributed by atoms with Gasteiger partial charge in [0.1, 0.15) is 6.04 Å². The van der Waals surface area contributed by atoms with Gasteiger partial charge in [-0.15, -0.1) is 0 Å². The highest BCUT2D eigenvalue weighted by molar-refractivity contribution is 7.89. The van der Waals surface area contributed by atoms with E-state index in [0.717, 1.165) is 9.99 Å². The van der Waals surface area contributed by atoms with E-state index in [9.17, 15) is 18.0 Å². The molecule has 7 nitrogen and oxygen atoms in total. The van der Waals surface area contributed by atoms with Crippen molar-refractivity contribution >= 4 is 27.5 Å². The maximum absolute atomic E-state index is 13.1. The molecular weight excluding hydrogens is 390 g/mol. The van der Waals surface area contributed by atoms with E-state index in [1.165, 1.54) is 12.1 Å². The third-order valence-electron chi connectivity index (χ3n) is 5.46. The van der Waals surface area contributed by atoms with Crippen molar-refractivity contribution in [2.24, 2.45) is 0 Å². The Hall–Kier alpha value is -2.87. The van der Waals surface area contributed by atoms with Gasteiger partial charge in [0.15, 0.2) is 0 Å². The minimum absolute atomic E-state index is 0.0296. The van der Waals surface area contributed by atoms with Gasteiger partial charge in [0.2, 0.25) is 11.8 Å². The zero-order chi connectivity index (χ0) is 20.4. The third-order valence-corrected chi connectivity index (χ3v) is 7.30. The molecule has 2 aromatic carbocycles. The molecule has 0 radical (unpaired) electrons. The van der Waals surface area contributed by atoms with Crippen LogP contribution in [-0.2, 0) is 19.6 Å². The Morgan fingerprint density at radius 3 is 2.07 bits per heavy atom. The van der Waals surface area contributed by atoms with Crippen molar-refractivity contribution in [1.29, 1.82) is 0 Å². The molecule has 2 aliphatic rings. The predicted octanol–water partition coefficient (Wildman–Crippen LogP) is 1.72. The average Bonchev–Trinajstić information content (AvgIpc) is 3.17. The van der Waals surface area contributed by atoms with Crippen LogP contribution in [0.4, 0.5) is 5.69 Å². The topological polar surface area (TPSA) is 78.0 Å². The van der Waals surface area contributed by atoms with E-state index in [2.05, 4.69) is 4.90 Å². The number of anilines is 1. The van der Waals surface area contributed by atoms with Gasteiger partial charge in [-0.1, -0.05) is 36.4 Å². The van der Waals surface area contributed by atoms with Crippen LogP contribution in [0.25, 0.3) is 0 Å². The van der Waals surface area contributed by atoms with E-state index in [1.807, 2.05) is 30.3 Å². The first-order chi connectivity index (χ1) is 14.0. The maximum atomic E-state index is 13.1. The summed E-state index contributed by atoms with van der Waals surface area (Å²) in [5.41, 5.74) is 1.10. The lowest BCUT2D eigenvalue weighted by atomic mass is 10.1. The monoisotopic (exact) mass is 413 g/mol. The van der Waals surface area contributed by atoms with E-state index in [4.69, 9.17) is 0 Å². The van der Waals surface area contributed by atoms with Crippen LogP contribution in [0.15, 0.2) is 65.6 Å². The summed E-state index contributed by atoms with van der Waals surface area (Å²) in [6.45, 7) is 2.33. The van der Waals surface area contributed by atoms with Crippen molar-refractivity contribution < 1.29 is 18.0 Å². The van der Waals surface area contributed by atoms with Crippen molar-refractivity contribution in [1.82, 2.24) is 9.21 Å². The number of carbonyl (C=O) groups excluding carboxylic acids is 2. The first-order valence-electron chi connectivity index (χ1n) is 9.69. The standard InChI is InChI=1S/C21H23N3O4S/c25-20-12-11-19(24(20)29(27,28)18-9-5-2-6-10-18)21(26)23-15-13-22(14-16-23)17-7-3-1-4-8-17/h1-10,19H,11-16H2/t19-/m1/s1. The molecule has 0 saturated carbocycles. The van der Waals surface area contributed by atoms with Crippen LogP contribution in [-0.4, -0.2) is 61.7 Å². The lowest BCUT2D eigenvalue weighted by Gasteiger charge is -2.38. The SMILES string of the molecule is O=C([C@H]1CCC(=O)N1S(=O)(=O)c1ccccc1)N1CCN(c2ccccc2)CC1. The van der Waals surface area contributed by atoms with Crippen molar-refractivity contribution in [3.05, 3.63) is 60.7 Å². The Balaban J connectivity index is 1.49. The minimum Gasteiger partial charge on any atom is -0.368 e. The number of rotatable bonds is 4. The summed E-state index contributed by atoms with van der Waals surface area (Å²) >= 11 is 0. The number of para-hydroxylation sites is 1. The molecule has 0 bridgehead atoms. The van der Waals surface area contributed by atoms with E-state index in [-0.39, 0.29) is 23.6 Å². The molecule has 0 unspecified atom stereocenters. The molecule has 0 spiro atoms. The summed E-state index contributed by atoms with van der Waals surface area (Å²) < 4.78 is 26.8. The molecule has 2 amide bonds. The summed E-state index contributed by atoms with van der Waals surface area (Å²) in [6, 6.07) is 16.8. The number of piperazine rings is 1. The molecule has 2 saturated heterocycles. The average molecular weight is 413 g/mol. The van der Waals surface area contributed by atoms with Gasteiger partial charge in [0.25, 0.3) is 10.0 Å². The highest BCUT2D eigenvalue weighted by Crippen LogP contribution is 2.29. The molecule has 0 aromatic heterocycles. The Morgan fingerprint density at radius 2 is 1.45 bits per heavy atom. The number of nitrogens with zero attached hydrogens (tertiary/aromatic N) is 3. The number of hydrogen-bond donors (Lipinski definition) is 0. The summed E-state index contributed by atoms with van der Waals surface area (Å²) in [6.07, 6.45) is 0.287. The lowest BCUT2D eigenvalue weighted by molar-refractivity contribution is -0.138. The second-order valence-corrected chi connectivity index (χ2v) is 9.02. The molecule has 8 heteroatoms. The van der Waals surface area contributed by atoms with Gasteiger partial charge in [-0.2, -0.15) is 0 Å². The molecule has 1 atom stereocenters. The Kier molecular flexibility index (Phi) is 5.27. The van der Waals surface area contributed by atoms with E-state index in [0.29, 0.717) is 26.2 Å². The van der Waals surface area contributed by atoms with Crippen LogP contribution in [0.3, 0.4) is 0 Å². The maximum Gasteiger partial charge on any atom is 0.267 e. The minimum atomic E-state index is -4.05. The lowest BCUT2D eigenvalue weighted by Crippen LogP contribution is -2.55. The van der Waals surface area contributed by atoms with Gasteiger partial charge in [-0.25, -0.2) is 12.7 Å². The van der Waals surface area contributed by atoms with E-state index in [1.54, 1.807) is 23.1 Å². The first kappa shape index (κ1) is 19.4. The molecule has 29 heavy (non-hydrogen) atoms. The molecule has 2 aliphatic heterocycles. The van der Waals surface area contributed by atoms with Crippen molar-refractivity contribution in [3.63, 3.8) is 0 Å². The van der Waals surface area contributed by atoms with Crippen LogP contribution in [0.2, 0.25) is 0 Å². The molecule has 2 aromatic rings. The second kappa shape index (κ2) is 7.87. The summed E-state index contributed by atoms with van der Waals surface area (Å²) in [5, 5.41) is 0. The summed E-state index contributed by atoms with van der Waals surface area (Å²) in [5.74, 6) is -0.807. The summed E-state index contributed by atoms with van der Waals surface area (Å²) in [7, 11) is -4.05. The quantitative estimate of drug-likeness (QED) is 0.763. The zero-order valence-electron chi connectivity index (χ0n) is 16.0. The van der Waals surface area contributed by atoms with E-state index >= 15 is 0 Å². The number of benzene rings is 2. The third kappa shape index (κ3) is 3.72. The van der Waals surface area contributed by atoms with Crippen LogP contribution < -0.4 is 4.90 Å². The number of hydrogen-bond acceptors (Lipinski definition) is 5. The molecule has 0 aliphatic carbocycles.